The van der Waals surface area contributed by atoms with E-state index in [1.165, 1.54) is 4.90 Å². The molecule has 4 N–H and O–H groups in total. The Morgan fingerprint density at radius 2 is 2.00 bits per heavy atom. The number of hydrogen-bond acceptors (Lipinski definition) is 7. The van der Waals surface area contributed by atoms with Crippen molar-refractivity contribution in [1.82, 2.24) is 25.2 Å². The molecule has 2 unspecified atom stereocenters. The van der Waals surface area contributed by atoms with Crippen LogP contribution in [0.2, 0.25) is 0 Å². The Morgan fingerprint density at radius 3 is 2.75 bits per heavy atom. The molecule has 1 spiro atoms. The fourth-order valence-corrected chi connectivity index (χ4v) is 4.00. The Kier molecular flexibility index (Phi) is 4.58. The minimum absolute atomic E-state index is 0.0243. The lowest BCUT2D eigenvalue weighted by Crippen LogP contribution is -2.53. The number of imide groups is 1. The maximum Gasteiger partial charge on any atom is 0.325 e. The molecule has 2 aliphatic rings. The second kappa shape index (κ2) is 7.06. The average molecular weight is 381 g/mol. The average Bonchev–Trinajstić information content (AvgIpc) is 2.90. The molecule has 0 radical (unpaired) electrons. The predicted octanol–water partition coefficient (Wildman–Crippen LogP) is 2.20. The van der Waals surface area contributed by atoms with E-state index in [4.69, 9.17) is 5.73 Å². The molecule has 3 amide bonds. The van der Waals surface area contributed by atoms with Crippen molar-refractivity contribution >= 4 is 29.5 Å². The van der Waals surface area contributed by atoms with Crippen molar-refractivity contribution < 1.29 is 9.59 Å². The number of anilines is 3. The topological polar surface area (TPSA) is 126 Å². The predicted molar refractivity (Wildman–Crippen MR) is 103 cm³/mol. The van der Waals surface area contributed by atoms with Crippen LogP contribution in [0.3, 0.4) is 0 Å². The second-order valence-corrected chi connectivity index (χ2v) is 7.36. The number of nitrogen functional groups attached to an aromatic ring is 1. The molecule has 0 bridgehead atoms. The summed E-state index contributed by atoms with van der Waals surface area (Å²) in [6, 6.07) is 8.99. The van der Waals surface area contributed by atoms with Gasteiger partial charge in [0.05, 0.1) is 6.54 Å². The number of nitrogens with one attached hydrogen (secondary N) is 2. The smallest absolute Gasteiger partial charge is 0.325 e. The number of urea groups is 1. The van der Waals surface area contributed by atoms with Gasteiger partial charge in [-0.2, -0.15) is 15.0 Å². The molecule has 28 heavy (non-hydrogen) atoms. The fraction of sp³-hybridized carbons (Fsp3) is 0.421. The Bertz CT molecular complexity index is 904. The van der Waals surface area contributed by atoms with Gasteiger partial charge in [-0.3, -0.25) is 9.69 Å². The normalized spacial score (nSPS) is 24.5. The van der Waals surface area contributed by atoms with Gasteiger partial charge in [0.2, 0.25) is 11.9 Å². The van der Waals surface area contributed by atoms with Gasteiger partial charge in [0.1, 0.15) is 5.54 Å². The standard InChI is InChI=1S/C19H23N7O2/c1-12-7-5-6-10-19(12)15(27)26(18(28)25-19)11-14-22-16(20)24-17(23-14)21-13-8-3-2-4-9-13/h2-4,8-9,12H,5-7,10-11H2,1H3,(H,25,28)(H3,20,21,22,23,24). The van der Waals surface area contributed by atoms with Crippen LogP contribution in [-0.2, 0) is 11.3 Å². The molecule has 2 atom stereocenters. The van der Waals surface area contributed by atoms with Gasteiger partial charge >= 0.3 is 6.03 Å². The molecule has 9 nitrogen and oxygen atoms in total. The number of nitrogens with two attached hydrogens (primary N) is 1. The number of rotatable bonds is 4. The van der Waals surface area contributed by atoms with Gasteiger partial charge in [-0.25, -0.2) is 4.79 Å². The lowest BCUT2D eigenvalue weighted by Gasteiger charge is -2.36. The zero-order chi connectivity index (χ0) is 19.7. The first-order valence-corrected chi connectivity index (χ1v) is 9.44. The third kappa shape index (κ3) is 3.23. The van der Waals surface area contributed by atoms with Gasteiger partial charge in [-0.05, 0) is 30.9 Å². The Hall–Kier alpha value is -3.23. The Balaban J connectivity index is 1.55. The molecule has 9 heteroatoms. The Morgan fingerprint density at radius 1 is 1.21 bits per heavy atom. The van der Waals surface area contributed by atoms with E-state index in [9.17, 15) is 9.59 Å². The van der Waals surface area contributed by atoms with Crippen molar-refractivity contribution in [2.45, 2.75) is 44.7 Å². The summed E-state index contributed by atoms with van der Waals surface area (Å²) in [5.74, 6) is 0.440. The van der Waals surface area contributed by atoms with Crippen LogP contribution in [0.1, 0.15) is 38.4 Å². The van der Waals surface area contributed by atoms with Crippen LogP contribution in [0.25, 0.3) is 0 Å². The summed E-state index contributed by atoms with van der Waals surface area (Å²) in [6.45, 7) is 1.97. The first kappa shape index (κ1) is 18.1. The van der Waals surface area contributed by atoms with E-state index < -0.39 is 11.6 Å². The summed E-state index contributed by atoms with van der Waals surface area (Å²) < 4.78 is 0. The van der Waals surface area contributed by atoms with E-state index >= 15 is 0 Å². The SMILES string of the molecule is CC1CCCCC12NC(=O)N(Cc1nc(N)nc(Nc3ccccc3)n1)C2=O. The second-order valence-electron chi connectivity index (χ2n) is 7.36. The summed E-state index contributed by atoms with van der Waals surface area (Å²) in [7, 11) is 0. The lowest BCUT2D eigenvalue weighted by molar-refractivity contribution is -0.134. The first-order chi connectivity index (χ1) is 13.5. The van der Waals surface area contributed by atoms with Crippen molar-refractivity contribution in [3.8, 4) is 0 Å². The van der Waals surface area contributed by atoms with Crippen molar-refractivity contribution in [1.29, 1.82) is 0 Å². The van der Waals surface area contributed by atoms with Crippen LogP contribution in [0.15, 0.2) is 30.3 Å². The van der Waals surface area contributed by atoms with Crippen LogP contribution in [0, 0.1) is 5.92 Å². The highest BCUT2D eigenvalue weighted by Crippen LogP contribution is 2.38. The maximum absolute atomic E-state index is 13.1. The summed E-state index contributed by atoms with van der Waals surface area (Å²) in [6.07, 6.45) is 3.58. The van der Waals surface area contributed by atoms with E-state index in [0.29, 0.717) is 6.42 Å². The number of para-hydroxylation sites is 1. The maximum atomic E-state index is 13.1. The number of hydrogen-bond donors (Lipinski definition) is 3. The van der Waals surface area contributed by atoms with Crippen LogP contribution in [0.4, 0.5) is 22.4 Å². The van der Waals surface area contributed by atoms with Crippen LogP contribution in [-0.4, -0.2) is 37.3 Å². The zero-order valence-electron chi connectivity index (χ0n) is 15.7. The molecule has 4 rings (SSSR count). The summed E-state index contributed by atoms with van der Waals surface area (Å²) >= 11 is 0. The van der Waals surface area contributed by atoms with E-state index in [1.807, 2.05) is 37.3 Å². The van der Waals surface area contributed by atoms with E-state index in [2.05, 4.69) is 25.6 Å². The highest BCUT2D eigenvalue weighted by Gasteiger charge is 2.54. The summed E-state index contributed by atoms with van der Waals surface area (Å²) in [4.78, 5) is 39.3. The van der Waals surface area contributed by atoms with Gasteiger partial charge < -0.3 is 16.4 Å². The minimum atomic E-state index is -0.807. The molecule has 1 aliphatic heterocycles. The third-order valence-electron chi connectivity index (χ3n) is 5.53. The Labute approximate surface area is 162 Å². The molecule has 2 fully saturated rings. The first-order valence-electron chi connectivity index (χ1n) is 9.44. The highest BCUT2D eigenvalue weighted by molar-refractivity contribution is 6.07. The molecular formula is C19H23N7O2. The van der Waals surface area contributed by atoms with Gasteiger partial charge in [0, 0.05) is 5.69 Å². The van der Waals surface area contributed by atoms with Gasteiger partial charge in [0.25, 0.3) is 5.91 Å². The zero-order valence-corrected chi connectivity index (χ0v) is 15.7. The number of aromatic nitrogens is 3. The largest absolute Gasteiger partial charge is 0.368 e. The third-order valence-corrected chi connectivity index (χ3v) is 5.53. The molecule has 2 aromatic rings. The van der Waals surface area contributed by atoms with Crippen molar-refractivity contribution in [2.24, 2.45) is 5.92 Å². The monoisotopic (exact) mass is 381 g/mol. The van der Waals surface area contributed by atoms with Crippen molar-refractivity contribution in [2.75, 3.05) is 11.1 Å². The molecule has 2 heterocycles. The van der Waals surface area contributed by atoms with Gasteiger partial charge in [-0.1, -0.05) is 38.0 Å². The number of amides is 3. The number of carbonyl (C=O) groups is 2. The van der Waals surface area contributed by atoms with E-state index in [1.54, 1.807) is 0 Å². The van der Waals surface area contributed by atoms with Crippen molar-refractivity contribution in [3.05, 3.63) is 36.2 Å². The summed E-state index contributed by atoms with van der Waals surface area (Å²) in [5.41, 5.74) is 5.80. The quantitative estimate of drug-likeness (QED) is 0.693. The van der Waals surface area contributed by atoms with Gasteiger partial charge in [0.15, 0.2) is 5.82 Å². The van der Waals surface area contributed by atoms with Crippen LogP contribution in [0.5, 0.6) is 0 Å². The molecule has 1 saturated carbocycles. The fourth-order valence-electron chi connectivity index (χ4n) is 4.00. The lowest BCUT2D eigenvalue weighted by atomic mass is 9.73. The summed E-state index contributed by atoms with van der Waals surface area (Å²) in [5, 5.41) is 5.98. The van der Waals surface area contributed by atoms with Crippen LogP contribution < -0.4 is 16.4 Å². The van der Waals surface area contributed by atoms with Crippen molar-refractivity contribution in [3.63, 3.8) is 0 Å². The highest BCUT2D eigenvalue weighted by atomic mass is 16.2. The molecule has 1 aromatic carbocycles. The van der Waals surface area contributed by atoms with Crippen LogP contribution >= 0.6 is 0 Å². The minimum Gasteiger partial charge on any atom is -0.368 e. The van der Waals surface area contributed by atoms with Gasteiger partial charge in [-0.15, -0.1) is 0 Å². The van der Waals surface area contributed by atoms with E-state index in [-0.39, 0.29) is 36.1 Å². The molecule has 1 saturated heterocycles. The molecular weight excluding hydrogens is 358 g/mol. The molecule has 1 aliphatic carbocycles. The number of nitrogens with zero attached hydrogens (tertiary/aromatic N) is 4. The molecule has 1 aromatic heterocycles. The number of benzene rings is 1. The van der Waals surface area contributed by atoms with E-state index in [0.717, 1.165) is 24.9 Å². The molecule has 146 valence electrons. The number of carbonyl (C=O) groups excluding carboxylic acids is 2.